The first-order valence-corrected chi connectivity index (χ1v) is 7.23. The summed E-state index contributed by atoms with van der Waals surface area (Å²) in [4.78, 5) is 25.0. The second-order valence-corrected chi connectivity index (χ2v) is 4.98. The Balaban J connectivity index is 3.39. The van der Waals surface area contributed by atoms with Gasteiger partial charge in [0.1, 0.15) is 0 Å². The molecular weight excluding hydrogens is 272 g/mol. The fraction of sp³-hybridized carbons (Fsp3) is 0.733. The maximum Gasteiger partial charge on any atom is 0.326 e. The molecule has 0 aromatic heterocycles. The van der Waals surface area contributed by atoms with Crippen molar-refractivity contribution in [1.29, 1.82) is 10.5 Å². The predicted molar refractivity (Wildman–Crippen MR) is 72.4 cm³/mol. The van der Waals surface area contributed by atoms with Crippen LogP contribution in [-0.4, -0.2) is 25.2 Å². The van der Waals surface area contributed by atoms with E-state index in [0.29, 0.717) is 12.8 Å². The highest BCUT2D eigenvalue weighted by Crippen LogP contribution is 2.47. The van der Waals surface area contributed by atoms with Gasteiger partial charge >= 0.3 is 11.9 Å². The van der Waals surface area contributed by atoms with Crippen molar-refractivity contribution in [2.75, 3.05) is 13.2 Å². The van der Waals surface area contributed by atoms with Gasteiger partial charge in [0.2, 0.25) is 0 Å². The molecule has 0 radical (unpaired) electrons. The molecule has 1 rings (SSSR count). The lowest BCUT2D eigenvalue weighted by Crippen LogP contribution is -2.52. The molecule has 0 bridgehead atoms. The van der Waals surface area contributed by atoms with Crippen molar-refractivity contribution < 1.29 is 19.1 Å². The molecule has 1 aliphatic rings. The number of carbonyl (C=O) groups excluding carboxylic acids is 2. The zero-order chi connectivity index (χ0) is 15.9. The first-order valence-electron chi connectivity index (χ1n) is 7.23. The minimum Gasteiger partial charge on any atom is -0.465 e. The van der Waals surface area contributed by atoms with Crippen molar-refractivity contribution in [2.24, 2.45) is 17.3 Å². The number of ether oxygens (including phenoxy) is 2. The molecule has 0 unspecified atom stereocenters. The van der Waals surface area contributed by atoms with E-state index in [2.05, 4.69) is 0 Å². The van der Waals surface area contributed by atoms with Crippen molar-refractivity contribution in [1.82, 2.24) is 0 Å². The van der Waals surface area contributed by atoms with Crippen LogP contribution in [0.5, 0.6) is 0 Å². The summed E-state index contributed by atoms with van der Waals surface area (Å²) in [6.45, 7) is 3.40. The number of hydrogen-bond donors (Lipinski definition) is 0. The van der Waals surface area contributed by atoms with Crippen LogP contribution in [0.2, 0.25) is 0 Å². The summed E-state index contributed by atoms with van der Waals surface area (Å²) in [7, 11) is 0. The predicted octanol–water partition coefficient (Wildman–Crippen LogP) is 1.95. The lowest BCUT2D eigenvalue weighted by Gasteiger charge is -2.34. The molecule has 1 saturated carbocycles. The van der Waals surface area contributed by atoms with E-state index < -0.39 is 23.3 Å². The lowest BCUT2D eigenvalue weighted by molar-refractivity contribution is -0.179. The van der Waals surface area contributed by atoms with Gasteiger partial charge in [0.15, 0.2) is 11.3 Å². The minimum absolute atomic E-state index is 0.0796. The summed E-state index contributed by atoms with van der Waals surface area (Å²) < 4.78 is 10.1. The van der Waals surface area contributed by atoms with Crippen LogP contribution in [0.1, 0.15) is 39.5 Å². The lowest BCUT2D eigenvalue weighted by atomic mass is 9.66. The topological polar surface area (TPSA) is 100 Å². The molecule has 0 amide bonds. The van der Waals surface area contributed by atoms with Gasteiger partial charge in [0.25, 0.3) is 0 Å². The third-order valence-corrected chi connectivity index (χ3v) is 3.94. The Morgan fingerprint density at radius 3 is 1.86 bits per heavy atom. The average Bonchev–Trinajstić information content (AvgIpc) is 2.99. The number of rotatable bonds is 6. The number of esters is 2. The molecule has 1 aliphatic carbocycles. The number of hydrogen-bond acceptors (Lipinski definition) is 6. The van der Waals surface area contributed by atoms with Gasteiger partial charge in [-0.3, -0.25) is 9.59 Å². The second-order valence-electron chi connectivity index (χ2n) is 4.98. The highest BCUT2D eigenvalue weighted by Gasteiger charge is 2.61. The van der Waals surface area contributed by atoms with Gasteiger partial charge in [0, 0.05) is 0 Å². The van der Waals surface area contributed by atoms with E-state index in [-0.39, 0.29) is 19.1 Å². The smallest absolute Gasteiger partial charge is 0.326 e. The van der Waals surface area contributed by atoms with Gasteiger partial charge in [-0.15, -0.1) is 0 Å². The van der Waals surface area contributed by atoms with E-state index in [1.807, 2.05) is 0 Å². The highest BCUT2D eigenvalue weighted by molar-refractivity contribution is 6.01. The maximum atomic E-state index is 12.5. The quantitative estimate of drug-likeness (QED) is 0.548. The molecule has 6 nitrogen and oxygen atoms in total. The fourth-order valence-electron chi connectivity index (χ4n) is 3.00. The third kappa shape index (κ3) is 3.00. The summed E-state index contributed by atoms with van der Waals surface area (Å²) >= 11 is 0. The number of carbonyl (C=O) groups is 2. The standard InChI is InChI=1S/C15H20N2O4/c1-3-20-13(18)15(12(9-16)10-17,14(19)21-4-2)11-7-5-6-8-11/h11-12H,3-8H2,1-2H3. The molecule has 0 aliphatic heterocycles. The summed E-state index contributed by atoms with van der Waals surface area (Å²) in [6, 6.07) is 3.57. The van der Waals surface area contributed by atoms with Gasteiger partial charge in [-0.05, 0) is 32.6 Å². The van der Waals surface area contributed by atoms with E-state index in [0.717, 1.165) is 12.8 Å². The van der Waals surface area contributed by atoms with Crippen LogP contribution in [0.15, 0.2) is 0 Å². The van der Waals surface area contributed by atoms with Crippen molar-refractivity contribution in [2.45, 2.75) is 39.5 Å². The normalized spacial score (nSPS) is 15.3. The van der Waals surface area contributed by atoms with Crippen molar-refractivity contribution in [3.63, 3.8) is 0 Å². The molecule has 0 spiro atoms. The van der Waals surface area contributed by atoms with Crippen LogP contribution in [0.25, 0.3) is 0 Å². The van der Waals surface area contributed by atoms with Crippen molar-refractivity contribution >= 4 is 11.9 Å². The molecule has 0 atom stereocenters. The van der Waals surface area contributed by atoms with E-state index in [9.17, 15) is 20.1 Å². The maximum absolute atomic E-state index is 12.5. The molecule has 6 heteroatoms. The van der Waals surface area contributed by atoms with Crippen LogP contribution in [0, 0.1) is 39.9 Å². The fourth-order valence-corrected chi connectivity index (χ4v) is 3.00. The number of nitriles is 2. The first kappa shape index (κ1) is 17.0. The Bertz CT molecular complexity index is 437. The molecule has 0 saturated heterocycles. The van der Waals surface area contributed by atoms with Crippen molar-refractivity contribution in [3.8, 4) is 12.1 Å². The summed E-state index contributed by atoms with van der Waals surface area (Å²) in [5.41, 5.74) is -1.83. The average molecular weight is 292 g/mol. The summed E-state index contributed by atoms with van der Waals surface area (Å²) in [6.07, 6.45) is 2.93. The minimum atomic E-state index is -1.83. The molecule has 1 fully saturated rings. The monoisotopic (exact) mass is 292 g/mol. The number of nitrogens with zero attached hydrogens (tertiary/aromatic N) is 2. The molecule has 0 aromatic rings. The van der Waals surface area contributed by atoms with E-state index in [1.54, 1.807) is 26.0 Å². The molecule has 0 N–H and O–H groups in total. The molecule has 21 heavy (non-hydrogen) atoms. The Morgan fingerprint density at radius 2 is 1.52 bits per heavy atom. The van der Waals surface area contributed by atoms with E-state index in [1.165, 1.54) is 0 Å². The van der Waals surface area contributed by atoms with Crippen LogP contribution in [0.4, 0.5) is 0 Å². The van der Waals surface area contributed by atoms with Crippen LogP contribution in [-0.2, 0) is 19.1 Å². The zero-order valence-electron chi connectivity index (χ0n) is 12.4. The summed E-state index contributed by atoms with van der Waals surface area (Å²) in [5.74, 6) is -3.43. The van der Waals surface area contributed by atoms with E-state index in [4.69, 9.17) is 9.47 Å². The molecule has 0 heterocycles. The Labute approximate surface area is 124 Å². The van der Waals surface area contributed by atoms with Crippen LogP contribution in [0.3, 0.4) is 0 Å². The molecular formula is C15H20N2O4. The SMILES string of the molecule is CCOC(=O)C(C(=O)OCC)(C(C#N)C#N)C1CCCC1. The van der Waals surface area contributed by atoms with Crippen LogP contribution >= 0.6 is 0 Å². The molecule has 114 valence electrons. The van der Waals surface area contributed by atoms with Gasteiger partial charge in [-0.25, -0.2) is 0 Å². The molecule has 0 aromatic carbocycles. The van der Waals surface area contributed by atoms with Gasteiger partial charge in [0.05, 0.1) is 25.4 Å². The van der Waals surface area contributed by atoms with Crippen molar-refractivity contribution in [3.05, 3.63) is 0 Å². The zero-order valence-corrected chi connectivity index (χ0v) is 12.4. The van der Waals surface area contributed by atoms with E-state index >= 15 is 0 Å². The first-order chi connectivity index (χ1) is 10.1. The Kier molecular flexibility index (Phi) is 6.17. The second kappa shape index (κ2) is 7.64. The van der Waals surface area contributed by atoms with Gasteiger partial charge < -0.3 is 9.47 Å². The van der Waals surface area contributed by atoms with Crippen LogP contribution < -0.4 is 0 Å². The summed E-state index contributed by atoms with van der Waals surface area (Å²) in [5, 5.41) is 18.5. The largest absolute Gasteiger partial charge is 0.465 e. The Hall–Kier alpha value is -2.08. The third-order valence-electron chi connectivity index (χ3n) is 3.94. The Morgan fingerprint density at radius 1 is 1.10 bits per heavy atom. The van der Waals surface area contributed by atoms with Gasteiger partial charge in [-0.1, -0.05) is 12.8 Å². The van der Waals surface area contributed by atoms with Gasteiger partial charge in [-0.2, -0.15) is 10.5 Å². The highest BCUT2D eigenvalue weighted by atomic mass is 16.6.